The summed E-state index contributed by atoms with van der Waals surface area (Å²) in [5, 5.41) is 9.14. The van der Waals surface area contributed by atoms with E-state index in [2.05, 4.69) is 17.0 Å². The fourth-order valence-corrected chi connectivity index (χ4v) is 2.46. The van der Waals surface area contributed by atoms with Gasteiger partial charge in [-0.3, -0.25) is 9.69 Å². The Morgan fingerprint density at radius 3 is 2.63 bits per heavy atom. The minimum absolute atomic E-state index is 0.154. The molecule has 104 valence electrons. The lowest BCUT2D eigenvalue weighted by Crippen LogP contribution is -2.36. The van der Waals surface area contributed by atoms with Crippen LogP contribution < -0.4 is 0 Å². The van der Waals surface area contributed by atoms with Crippen LogP contribution >= 0.6 is 0 Å². The van der Waals surface area contributed by atoms with Crippen LogP contribution in [0.5, 0.6) is 0 Å². The number of amides is 1. The molecule has 1 saturated heterocycles. The van der Waals surface area contributed by atoms with E-state index < -0.39 is 0 Å². The second-order valence-corrected chi connectivity index (χ2v) is 4.97. The standard InChI is InChI=1S/C15H22N2O2/c18-12-11-16(13-14-5-2-1-3-6-14)9-10-17-8-4-7-15(17)19/h1-3,5-6,18H,4,7-13H2. The van der Waals surface area contributed by atoms with E-state index in [0.717, 1.165) is 32.6 Å². The van der Waals surface area contributed by atoms with Crippen molar-refractivity contribution in [2.45, 2.75) is 19.4 Å². The van der Waals surface area contributed by atoms with Crippen molar-refractivity contribution in [1.29, 1.82) is 0 Å². The van der Waals surface area contributed by atoms with E-state index in [-0.39, 0.29) is 12.5 Å². The monoisotopic (exact) mass is 262 g/mol. The number of carbonyl (C=O) groups excluding carboxylic acids is 1. The van der Waals surface area contributed by atoms with Gasteiger partial charge in [0.1, 0.15) is 0 Å². The Bertz CT molecular complexity index is 394. The van der Waals surface area contributed by atoms with Crippen molar-refractivity contribution in [3.05, 3.63) is 35.9 Å². The number of aliphatic hydroxyl groups excluding tert-OH is 1. The van der Waals surface area contributed by atoms with E-state index in [1.807, 2.05) is 23.1 Å². The zero-order valence-electron chi connectivity index (χ0n) is 11.3. The first-order valence-corrected chi connectivity index (χ1v) is 6.94. The SMILES string of the molecule is O=C1CCCN1CCN(CCO)Cc1ccccc1. The Morgan fingerprint density at radius 1 is 1.21 bits per heavy atom. The van der Waals surface area contributed by atoms with Gasteiger partial charge in [-0.1, -0.05) is 30.3 Å². The molecule has 1 fully saturated rings. The van der Waals surface area contributed by atoms with Crippen LogP contribution in [-0.4, -0.2) is 53.6 Å². The molecule has 1 aliphatic rings. The molecular formula is C15H22N2O2. The highest BCUT2D eigenvalue weighted by atomic mass is 16.3. The predicted octanol–water partition coefficient (Wildman–Crippen LogP) is 1.10. The van der Waals surface area contributed by atoms with Crippen LogP contribution in [0.2, 0.25) is 0 Å². The molecule has 0 unspecified atom stereocenters. The van der Waals surface area contributed by atoms with Gasteiger partial charge in [-0.05, 0) is 12.0 Å². The summed E-state index contributed by atoms with van der Waals surface area (Å²) >= 11 is 0. The molecule has 1 amide bonds. The number of likely N-dealkylation sites (tertiary alicyclic amines) is 1. The highest BCUT2D eigenvalue weighted by Crippen LogP contribution is 2.10. The van der Waals surface area contributed by atoms with Crippen LogP contribution in [0.1, 0.15) is 18.4 Å². The Hall–Kier alpha value is -1.39. The molecule has 0 radical (unpaired) electrons. The van der Waals surface area contributed by atoms with Crippen LogP contribution in [0.25, 0.3) is 0 Å². The lowest BCUT2D eigenvalue weighted by molar-refractivity contribution is -0.127. The van der Waals surface area contributed by atoms with Crippen molar-refractivity contribution in [3.63, 3.8) is 0 Å². The van der Waals surface area contributed by atoms with Crippen molar-refractivity contribution >= 4 is 5.91 Å². The summed E-state index contributed by atoms with van der Waals surface area (Å²) in [7, 11) is 0. The van der Waals surface area contributed by atoms with Crippen molar-refractivity contribution in [1.82, 2.24) is 9.80 Å². The number of benzene rings is 1. The summed E-state index contributed by atoms with van der Waals surface area (Å²) in [4.78, 5) is 15.7. The summed E-state index contributed by atoms with van der Waals surface area (Å²) in [6.07, 6.45) is 1.68. The van der Waals surface area contributed by atoms with Gasteiger partial charge < -0.3 is 10.0 Å². The number of aliphatic hydroxyl groups is 1. The van der Waals surface area contributed by atoms with Gasteiger partial charge in [0, 0.05) is 39.1 Å². The molecule has 0 saturated carbocycles. The Kier molecular flexibility index (Phi) is 5.36. The normalized spacial score (nSPS) is 15.5. The number of rotatable bonds is 7. The van der Waals surface area contributed by atoms with E-state index in [4.69, 9.17) is 5.11 Å². The summed E-state index contributed by atoms with van der Waals surface area (Å²) in [6, 6.07) is 10.2. The third-order valence-corrected chi connectivity index (χ3v) is 3.52. The third kappa shape index (κ3) is 4.33. The molecule has 0 aromatic heterocycles. The zero-order chi connectivity index (χ0) is 13.5. The minimum atomic E-state index is 0.154. The molecular weight excluding hydrogens is 240 g/mol. The van der Waals surface area contributed by atoms with Crippen molar-refractivity contribution in [3.8, 4) is 0 Å². The highest BCUT2D eigenvalue weighted by Gasteiger charge is 2.20. The average Bonchev–Trinajstić information content (AvgIpc) is 2.83. The smallest absolute Gasteiger partial charge is 0.222 e. The van der Waals surface area contributed by atoms with Gasteiger partial charge in [-0.2, -0.15) is 0 Å². The molecule has 1 heterocycles. The van der Waals surface area contributed by atoms with Crippen molar-refractivity contribution in [2.75, 3.05) is 32.8 Å². The van der Waals surface area contributed by atoms with Gasteiger partial charge in [0.2, 0.25) is 5.91 Å². The van der Waals surface area contributed by atoms with Crippen LogP contribution in [-0.2, 0) is 11.3 Å². The largest absolute Gasteiger partial charge is 0.395 e. The second-order valence-electron chi connectivity index (χ2n) is 4.97. The Labute approximate surface area is 114 Å². The van der Waals surface area contributed by atoms with Gasteiger partial charge in [0.25, 0.3) is 0 Å². The molecule has 4 nitrogen and oxygen atoms in total. The first kappa shape index (κ1) is 14.0. The topological polar surface area (TPSA) is 43.8 Å². The van der Waals surface area contributed by atoms with Gasteiger partial charge in [-0.25, -0.2) is 0 Å². The highest BCUT2D eigenvalue weighted by molar-refractivity contribution is 5.78. The van der Waals surface area contributed by atoms with Crippen molar-refractivity contribution in [2.24, 2.45) is 0 Å². The Morgan fingerprint density at radius 2 is 2.00 bits per heavy atom. The van der Waals surface area contributed by atoms with Gasteiger partial charge in [0.05, 0.1) is 6.61 Å². The average molecular weight is 262 g/mol. The molecule has 0 bridgehead atoms. The summed E-state index contributed by atoms with van der Waals surface area (Å²) in [6.45, 7) is 4.10. The van der Waals surface area contributed by atoms with Gasteiger partial charge >= 0.3 is 0 Å². The van der Waals surface area contributed by atoms with E-state index in [1.165, 1.54) is 5.56 Å². The molecule has 1 N–H and O–H groups in total. The molecule has 2 rings (SSSR count). The van der Waals surface area contributed by atoms with E-state index in [9.17, 15) is 4.79 Å². The van der Waals surface area contributed by atoms with Crippen LogP contribution in [0.4, 0.5) is 0 Å². The summed E-state index contributed by atoms with van der Waals surface area (Å²) < 4.78 is 0. The van der Waals surface area contributed by atoms with Gasteiger partial charge in [0.15, 0.2) is 0 Å². The maximum Gasteiger partial charge on any atom is 0.222 e. The maximum absolute atomic E-state index is 11.6. The van der Waals surface area contributed by atoms with Crippen LogP contribution in [0.15, 0.2) is 30.3 Å². The van der Waals surface area contributed by atoms with Crippen molar-refractivity contribution < 1.29 is 9.90 Å². The maximum atomic E-state index is 11.6. The van der Waals surface area contributed by atoms with E-state index in [0.29, 0.717) is 13.0 Å². The molecule has 0 aliphatic carbocycles. The number of carbonyl (C=O) groups is 1. The third-order valence-electron chi connectivity index (χ3n) is 3.52. The van der Waals surface area contributed by atoms with E-state index >= 15 is 0 Å². The number of hydrogen-bond acceptors (Lipinski definition) is 3. The molecule has 0 atom stereocenters. The molecule has 1 aromatic carbocycles. The molecule has 1 aromatic rings. The minimum Gasteiger partial charge on any atom is -0.395 e. The second kappa shape index (κ2) is 7.26. The fraction of sp³-hybridized carbons (Fsp3) is 0.533. The molecule has 1 aliphatic heterocycles. The van der Waals surface area contributed by atoms with Gasteiger partial charge in [-0.15, -0.1) is 0 Å². The lowest BCUT2D eigenvalue weighted by Gasteiger charge is -2.24. The first-order chi connectivity index (χ1) is 9.29. The van der Waals surface area contributed by atoms with Crippen LogP contribution in [0.3, 0.4) is 0 Å². The van der Waals surface area contributed by atoms with E-state index in [1.54, 1.807) is 0 Å². The number of nitrogens with zero attached hydrogens (tertiary/aromatic N) is 2. The summed E-state index contributed by atoms with van der Waals surface area (Å²) in [5.74, 6) is 0.267. The Balaban J connectivity index is 1.83. The predicted molar refractivity (Wildman–Crippen MR) is 74.6 cm³/mol. The molecule has 0 spiro atoms. The quantitative estimate of drug-likeness (QED) is 0.800. The fourth-order valence-electron chi connectivity index (χ4n) is 2.46. The zero-order valence-corrected chi connectivity index (χ0v) is 11.3. The lowest BCUT2D eigenvalue weighted by atomic mass is 10.2. The number of hydrogen-bond donors (Lipinski definition) is 1. The molecule has 19 heavy (non-hydrogen) atoms. The first-order valence-electron chi connectivity index (χ1n) is 6.94. The van der Waals surface area contributed by atoms with Crippen LogP contribution in [0, 0.1) is 0 Å². The summed E-state index contributed by atoms with van der Waals surface area (Å²) in [5.41, 5.74) is 1.24. The molecule has 4 heteroatoms.